The van der Waals surface area contributed by atoms with E-state index in [1.54, 1.807) is 7.05 Å². The molecule has 0 aromatic heterocycles. The minimum atomic E-state index is -0.111. The summed E-state index contributed by atoms with van der Waals surface area (Å²) < 4.78 is 5.46. The van der Waals surface area contributed by atoms with Crippen LogP contribution in [0.4, 0.5) is 0 Å². The summed E-state index contributed by atoms with van der Waals surface area (Å²) >= 11 is 0. The van der Waals surface area contributed by atoms with Crippen LogP contribution in [0.25, 0.3) is 0 Å². The van der Waals surface area contributed by atoms with Crippen LogP contribution in [0.5, 0.6) is 5.75 Å². The lowest BCUT2D eigenvalue weighted by molar-refractivity contribution is -0.122. The largest absolute Gasteiger partial charge is 0.484 e. The predicted molar refractivity (Wildman–Crippen MR) is 75.6 cm³/mol. The molecule has 1 aliphatic heterocycles. The fourth-order valence-electron chi connectivity index (χ4n) is 2.55. The fourth-order valence-corrected chi connectivity index (χ4v) is 2.55. The zero-order valence-corrected chi connectivity index (χ0v) is 11.7. The van der Waals surface area contributed by atoms with Gasteiger partial charge in [0, 0.05) is 7.05 Å². The van der Waals surface area contributed by atoms with Crippen molar-refractivity contribution in [1.29, 1.82) is 0 Å². The van der Waals surface area contributed by atoms with Crippen LogP contribution < -0.4 is 15.4 Å². The van der Waals surface area contributed by atoms with E-state index in [9.17, 15) is 4.79 Å². The first kappa shape index (κ1) is 13.9. The molecule has 0 spiro atoms. The van der Waals surface area contributed by atoms with Crippen LogP contribution in [0.2, 0.25) is 0 Å². The van der Waals surface area contributed by atoms with Crippen molar-refractivity contribution in [1.82, 2.24) is 10.6 Å². The fraction of sp³-hybridized carbons (Fsp3) is 0.533. The first-order chi connectivity index (χ1) is 9.20. The lowest BCUT2D eigenvalue weighted by Crippen LogP contribution is -2.27. The maximum absolute atomic E-state index is 11.1. The SMILES string of the molecule is CNC(=O)COc1ccc(C2CCNCC2)c(C)c1. The van der Waals surface area contributed by atoms with Crippen LogP contribution in [0.1, 0.15) is 29.9 Å². The summed E-state index contributed by atoms with van der Waals surface area (Å²) in [7, 11) is 1.61. The normalized spacial score (nSPS) is 16.1. The molecule has 104 valence electrons. The lowest BCUT2D eigenvalue weighted by atomic mass is 9.87. The third-order valence-electron chi connectivity index (χ3n) is 3.67. The summed E-state index contributed by atoms with van der Waals surface area (Å²) in [4.78, 5) is 11.1. The number of piperidine rings is 1. The lowest BCUT2D eigenvalue weighted by Gasteiger charge is -2.24. The molecule has 0 aliphatic carbocycles. The van der Waals surface area contributed by atoms with Crippen molar-refractivity contribution in [2.45, 2.75) is 25.7 Å². The van der Waals surface area contributed by atoms with E-state index >= 15 is 0 Å². The minimum absolute atomic E-state index is 0.0721. The molecule has 1 amide bonds. The summed E-state index contributed by atoms with van der Waals surface area (Å²) in [6.45, 7) is 4.38. The van der Waals surface area contributed by atoms with Gasteiger partial charge in [0.05, 0.1) is 0 Å². The molecular weight excluding hydrogens is 240 g/mol. The summed E-state index contributed by atoms with van der Waals surface area (Å²) in [5.74, 6) is 1.30. The van der Waals surface area contributed by atoms with Crippen LogP contribution in [0, 0.1) is 6.92 Å². The van der Waals surface area contributed by atoms with Gasteiger partial charge in [0.15, 0.2) is 6.61 Å². The molecule has 0 radical (unpaired) electrons. The summed E-state index contributed by atoms with van der Waals surface area (Å²) in [6, 6.07) is 6.14. The Kier molecular flexibility index (Phi) is 4.80. The molecule has 2 rings (SSSR count). The van der Waals surface area contributed by atoms with Crippen molar-refractivity contribution in [3.63, 3.8) is 0 Å². The Morgan fingerprint density at radius 3 is 2.79 bits per heavy atom. The van der Waals surface area contributed by atoms with Gasteiger partial charge < -0.3 is 15.4 Å². The van der Waals surface area contributed by atoms with Gasteiger partial charge in [0.25, 0.3) is 5.91 Å². The molecule has 0 saturated carbocycles. The molecule has 4 heteroatoms. The number of benzene rings is 1. The van der Waals surface area contributed by atoms with E-state index in [-0.39, 0.29) is 12.5 Å². The second-order valence-electron chi connectivity index (χ2n) is 5.00. The van der Waals surface area contributed by atoms with E-state index < -0.39 is 0 Å². The van der Waals surface area contributed by atoms with Crippen molar-refractivity contribution >= 4 is 5.91 Å². The quantitative estimate of drug-likeness (QED) is 0.866. The Morgan fingerprint density at radius 2 is 2.16 bits per heavy atom. The molecule has 1 fully saturated rings. The van der Waals surface area contributed by atoms with Gasteiger partial charge in [-0.15, -0.1) is 0 Å². The zero-order chi connectivity index (χ0) is 13.7. The Morgan fingerprint density at radius 1 is 1.42 bits per heavy atom. The van der Waals surface area contributed by atoms with E-state index in [1.807, 2.05) is 12.1 Å². The summed E-state index contributed by atoms with van der Waals surface area (Å²) in [6.07, 6.45) is 2.39. The molecule has 0 atom stereocenters. The molecule has 1 aromatic carbocycles. The highest BCUT2D eigenvalue weighted by Crippen LogP contribution is 2.29. The summed E-state index contributed by atoms with van der Waals surface area (Å²) in [5, 5.41) is 5.93. The van der Waals surface area contributed by atoms with Gasteiger partial charge in [-0.25, -0.2) is 0 Å². The van der Waals surface area contributed by atoms with E-state index in [0.717, 1.165) is 18.8 Å². The Bertz CT molecular complexity index is 440. The maximum atomic E-state index is 11.1. The monoisotopic (exact) mass is 262 g/mol. The predicted octanol–water partition coefficient (Wildman–Crippen LogP) is 1.59. The number of carbonyl (C=O) groups is 1. The third kappa shape index (κ3) is 3.70. The van der Waals surface area contributed by atoms with Crippen molar-refractivity contribution in [3.8, 4) is 5.75 Å². The molecule has 19 heavy (non-hydrogen) atoms. The van der Waals surface area contributed by atoms with Crippen molar-refractivity contribution < 1.29 is 9.53 Å². The molecule has 1 aliphatic rings. The van der Waals surface area contributed by atoms with Gasteiger partial charge in [0.2, 0.25) is 0 Å². The third-order valence-corrected chi connectivity index (χ3v) is 3.67. The maximum Gasteiger partial charge on any atom is 0.257 e. The van der Waals surface area contributed by atoms with Gasteiger partial charge >= 0.3 is 0 Å². The highest BCUT2D eigenvalue weighted by molar-refractivity contribution is 5.77. The molecule has 1 heterocycles. The van der Waals surface area contributed by atoms with Crippen LogP contribution in [-0.2, 0) is 4.79 Å². The smallest absolute Gasteiger partial charge is 0.257 e. The van der Waals surface area contributed by atoms with Gasteiger partial charge in [-0.1, -0.05) is 6.07 Å². The number of amides is 1. The number of nitrogens with one attached hydrogen (secondary N) is 2. The average molecular weight is 262 g/mol. The second-order valence-corrected chi connectivity index (χ2v) is 5.00. The molecule has 2 N–H and O–H groups in total. The van der Waals surface area contributed by atoms with Crippen LogP contribution >= 0.6 is 0 Å². The van der Waals surface area contributed by atoms with Gasteiger partial charge in [-0.3, -0.25) is 4.79 Å². The highest BCUT2D eigenvalue weighted by atomic mass is 16.5. The van der Waals surface area contributed by atoms with Gasteiger partial charge in [-0.05, 0) is 62.0 Å². The first-order valence-electron chi connectivity index (χ1n) is 6.85. The number of aryl methyl sites for hydroxylation is 1. The topological polar surface area (TPSA) is 50.4 Å². The molecule has 0 unspecified atom stereocenters. The zero-order valence-electron chi connectivity index (χ0n) is 11.7. The Hall–Kier alpha value is -1.55. The summed E-state index contributed by atoms with van der Waals surface area (Å²) in [5.41, 5.74) is 2.66. The standard InChI is InChI=1S/C15H22N2O2/c1-11-9-13(19-10-15(18)16-2)3-4-14(11)12-5-7-17-8-6-12/h3-4,9,12,17H,5-8,10H2,1-2H3,(H,16,18). The molecule has 1 saturated heterocycles. The Labute approximate surface area is 114 Å². The van der Waals surface area contributed by atoms with Crippen LogP contribution in [0.3, 0.4) is 0 Å². The Balaban J connectivity index is 2.01. The van der Waals surface area contributed by atoms with E-state index in [4.69, 9.17) is 4.74 Å². The number of carbonyl (C=O) groups excluding carboxylic acids is 1. The van der Waals surface area contributed by atoms with E-state index in [1.165, 1.54) is 24.0 Å². The average Bonchev–Trinajstić information content (AvgIpc) is 2.45. The molecule has 4 nitrogen and oxygen atoms in total. The second kappa shape index (κ2) is 6.57. The van der Waals surface area contributed by atoms with E-state index in [0.29, 0.717) is 5.92 Å². The molecular formula is C15H22N2O2. The van der Waals surface area contributed by atoms with E-state index in [2.05, 4.69) is 23.6 Å². The molecule has 0 bridgehead atoms. The molecule has 1 aromatic rings. The van der Waals surface area contributed by atoms with Crippen molar-refractivity contribution in [2.24, 2.45) is 0 Å². The number of hydrogen-bond acceptors (Lipinski definition) is 3. The first-order valence-corrected chi connectivity index (χ1v) is 6.85. The van der Waals surface area contributed by atoms with Crippen molar-refractivity contribution in [3.05, 3.63) is 29.3 Å². The van der Waals surface area contributed by atoms with Gasteiger partial charge in [0.1, 0.15) is 5.75 Å². The highest BCUT2D eigenvalue weighted by Gasteiger charge is 2.17. The van der Waals surface area contributed by atoms with Crippen LogP contribution in [-0.4, -0.2) is 32.7 Å². The number of hydrogen-bond donors (Lipinski definition) is 2. The van der Waals surface area contributed by atoms with Gasteiger partial charge in [-0.2, -0.15) is 0 Å². The number of likely N-dealkylation sites (N-methyl/N-ethyl adjacent to an activating group) is 1. The number of ether oxygens (including phenoxy) is 1. The van der Waals surface area contributed by atoms with Crippen molar-refractivity contribution in [2.75, 3.05) is 26.7 Å². The van der Waals surface area contributed by atoms with Crippen LogP contribution in [0.15, 0.2) is 18.2 Å². The number of rotatable bonds is 4. The minimum Gasteiger partial charge on any atom is -0.484 e.